The van der Waals surface area contributed by atoms with Gasteiger partial charge in [0, 0.05) is 44.3 Å². The van der Waals surface area contributed by atoms with Crippen LogP contribution in [0, 0.1) is 0 Å². The predicted octanol–water partition coefficient (Wildman–Crippen LogP) is 2.38. The van der Waals surface area contributed by atoms with E-state index in [1.54, 1.807) is 6.07 Å². The van der Waals surface area contributed by atoms with Gasteiger partial charge in [-0.1, -0.05) is 30.3 Å². The summed E-state index contributed by atoms with van der Waals surface area (Å²) in [6, 6.07) is 1.84. The molecule has 1 fully saturated rings. The lowest BCUT2D eigenvalue weighted by Gasteiger charge is -2.40. The highest BCUT2D eigenvalue weighted by Crippen LogP contribution is 2.24. The standard InChI is InChI=1S/C18H29ClN6O2S/c1-5-6-20-18(27)25-8-7-24(10-13(25)4)15-9-14(19)22-17(23-15)28-11-16(26)21-12(2)3/h9,12-13H,5-8,10-11H2,1-4H3,(H,20,27)(H,21,26)/t13-/m1/s1. The monoisotopic (exact) mass is 428 g/mol. The van der Waals surface area contributed by atoms with Crippen LogP contribution < -0.4 is 15.5 Å². The zero-order chi connectivity index (χ0) is 20.7. The van der Waals surface area contributed by atoms with E-state index in [0.29, 0.717) is 42.3 Å². The molecule has 3 amide bonds. The lowest BCUT2D eigenvalue weighted by Crippen LogP contribution is -2.56. The minimum atomic E-state index is -0.0644. The topological polar surface area (TPSA) is 90.5 Å². The van der Waals surface area contributed by atoms with E-state index in [-0.39, 0.29) is 29.8 Å². The van der Waals surface area contributed by atoms with Gasteiger partial charge in [-0.15, -0.1) is 0 Å². The second-order valence-corrected chi connectivity index (χ2v) is 8.39. The highest BCUT2D eigenvalue weighted by atomic mass is 35.5. The van der Waals surface area contributed by atoms with Crippen molar-refractivity contribution in [3.05, 3.63) is 11.2 Å². The lowest BCUT2D eigenvalue weighted by atomic mass is 10.2. The van der Waals surface area contributed by atoms with E-state index in [1.165, 1.54) is 11.8 Å². The van der Waals surface area contributed by atoms with Gasteiger partial charge in [-0.2, -0.15) is 0 Å². The first-order valence-electron chi connectivity index (χ1n) is 9.56. The Morgan fingerprint density at radius 1 is 1.36 bits per heavy atom. The van der Waals surface area contributed by atoms with Crippen LogP contribution >= 0.6 is 23.4 Å². The lowest BCUT2D eigenvalue weighted by molar-refractivity contribution is -0.119. The molecule has 1 atom stereocenters. The van der Waals surface area contributed by atoms with Gasteiger partial charge < -0.3 is 20.4 Å². The number of hydrogen-bond acceptors (Lipinski definition) is 6. The number of nitrogens with one attached hydrogen (secondary N) is 2. The Hall–Kier alpha value is -1.74. The largest absolute Gasteiger partial charge is 0.353 e. The van der Waals surface area contributed by atoms with Gasteiger partial charge >= 0.3 is 6.03 Å². The third-order valence-corrected chi connectivity index (χ3v) is 5.22. The van der Waals surface area contributed by atoms with Gasteiger partial charge in [0.2, 0.25) is 5.91 Å². The summed E-state index contributed by atoms with van der Waals surface area (Å²) in [4.78, 5) is 36.8. The van der Waals surface area contributed by atoms with Crippen LogP contribution in [0.5, 0.6) is 0 Å². The Labute approximate surface area is 175 Å². The number of carbonyl (C=O) groups excluding carboxylic acids is 2. The van der Waals surface area contributed by atoms with Crippen LogP contribution in [0.15, 0.2) is 11.2 Å². The maximum atomic E-state index is 12.3. The molecular weight excluding hydrogens is 400 g/mol. The molecule has 2 heterocycles. The van der Waals surface area contributed by atoms with Crippen molar-refractivity contribution in [2.75, 3.05) is 36.8 Å². The summed E-state index contributed by atoms with van der Waals surface area (Å²) >= 11 is 7.43. The van der Waals surface area contributed by atoms with Crippen LogP contribution in [-0.4, -0.2) is 70.8 Å². The van der Waals surface area contributed by atoms with E-state index in [4.69, 9.17) is 11.6 Å². The number of piperazine rings is 1. The summed E-state index contributed by atoms with van der Waals surface area (Å²) in [6.07, 6.45) is 0.912. The molecule has 2 rings (SSSR count). The molecule has 1 aromatic heterocycles. The number of anilines is 1. The van der Waals surface area contributed by atoms with Gasteiger partial charge in [0.25, 0.3) is 0 Å². The van der Waals surface area contributed by atoms with Crippen LogP contribution in [0.2, 0.25) is 5.15 Å². The van der Waals surface area contributed by atoms with Crippen molar-refractivity contribution in [1.82, 2.24) is 25.5 Å². The smallest absolute Gasteiger partial charge is 0.317 e. The zero-order valence-electron chi connectivity index (χ0n) is 16.9. The summed E-state index contributed by atoms with van der Waals surface area (Å²) in [5, 5.41) is 6.58. The molecule has 1 aliphatic heterocycles. The number of nitrogens with zero attached hydrogens (tertiary/aromatic N) is 4. The normalized spacial score (nSPS) is 17.0. The number of halogens is 1. The molecule has 0 aromatic carbocycles. The maximum absolute atomic E-state index is 12.3. The van der Waals surface area contributed by atoms with Crippen LogP contribution in [-0.2, 0) is 4.79 Å². The van der Waals surface area contributed by atoms with Crippen molar-refractivity contribution in [3.63, 3.8) is 0 Å². The maximum Gasteiger partial charge on any atom is 0.317 e. The van der Waals surface area contributed by atoms with E-state index in [1.807, 2.05) is 32.6 Å². The number of thioether (sulfide) groups is 1. The van der Waals surface area contributed by atoms with E-state index < -0.39 is 0 Å². The SMILES string of the molecule is CCCNC(=O)N1CCN(c2cc(Cl)nc(SCC(=O)NC(C)C)n2)C[C@H]1C. The van der Waals surface area contributed by atoms with Crippen molar-refractivity contribution in [2.45, 2.75) is 51.4 Å². The summed E-state index contributed by atoms with van der Waals surface area (Å²) < 4.78 is 0. The van der Waals surface area contributed by atoms with E-state index in [9.17, 15) is 9.59 Å². The van der Waals surface area contributed by atoms with Crippen LogP contribution in [0.25, 0.3) is 0 Å². The van der Waals surface area contributed by atoms with E-state index in [2.05, 4.69) is 25.5 Å². The molecule has 1 aliphatic rings. The molecule has 0 unspecified atom stereocenters. The zero-order valence-corrected chi connectivity index (χ0v) is 18.4. The molecule has 8 nitrogen and oxygen atoms in total. The number of amides is 3. The van der Waals surface area contributed by atoms with Gasteiger partial charge in [-0.3, -0.25) is 4.79 Å². The second kappa shape index (κ2) is 10.7. The third-order valence-electron chi connectivity index (χ3n) is 4.18. The Bertz CT molecular complexity index is 690. The molecule has 0 aliphatic carbocycles. The number of carbonyl (C=O) groups is 2. The van der Waals surface area contributed by atoms with E-state index in [0.717, 1.165) is 6.42 Å². The van der Waals surface area contributed by atoms with Crippen molar-refractivity contribution in [3.8, 4) is 0 Å². The summed E-state index contributed by atoms with van der Waals surface area (Å²) in [5.41, 5.74) is 0. The molecule has 10 heteroatoms. The molecule has 1 aromatic rings. The number of urea groups is 1. The Morgan fingerprint density at radius 3 is 2.75 bits per heavy atom. The summed E-state index contributed by atoms with van der Waals surface area (Å²) in [7, 11) is 0. The average Bonchev–Trinajstić information content (AvgIpc) is 2.63. The molecule has 0 bridgehead atoms. The van der Waals surface area contributed by atoms with Gasteiger partial charge in [0.1, 0.15) is 11.0 Å². The number of hydrogen-bond donors (Lipinski definition) is 2. The molecule has 2 N–H and O–H groups in total. The van der Waals surface area contributed by atoms with Crippen LogP contribution in [0.3, 0.4) is 0 Å². The summed E-state index contributed by atoms with van der Waals surface area (Å²) in [5.74, 6) is 0.886. The first-order chi connectivity index (χ1) is 13.3. The predicted molar refractivity (Wildman–Crippen MR) is 113 cm³/mol. The van der Waals surface area contributed by atoms with Crippen LogP contribution in [0.1, 0.15) is 34.1 Å². The minimum Gasteiger partial charge on any atom is -0.353 e. The van der Waals surface area contributed by atoms with Gasteiger partial charge in [-0.25, -0.2) is 14.8 Å². The molecule has 1 saturated heterocycles. The average molecular weight is 429 g/mol. The summed E-state index contributed by atoms with van der Waals surface area (Å²) in [6.45, 7) is 10.5. The molecule has 156 valence electrons. The molecular formula is C18H29ClN6O2S. The van der Waals surface area contributed by atoms with Gasteiger partial charge in [0.05, 0.1) is 5.75 Å². The molecule has 0 spiro atoms. The Morgan fingerprint density at radius 2 is 2.11 bits per heavy atom. The molecule has 28 heavy (non-hydrogen) atoms. The molecule has 0 saturated carbocycles. The van der Waals surface area contributed by atoms with Crippen molar-refractivity contribution in [1.29, 1.82) is 0 Å². The van der Waals surface area contributed by atoms with Gasteiger partial charge in [0.15, 0.2) is 5.16 Å². The molecule has 0 radical (unpaired) electrons. The van der Waals surface area contributed by atoms with Crippen molar-refractivity contribution < 1.29 is 9.59 Å². The first-order valence-corrected chi connectivity index (χ1v) is 10.9. The minimum absolute atomic E-state index is 0.0258. The first kappa shape index (κ1) is 22.5. The third kappa shape index (κ3) is 6.70. The van der Waals surface area contributed by atoms with Gasteiger partial charge in [-0.05, 0) is 27.2 Å². The van der Waals surface area contributed by atoms with Crippen LogP contribution in [0.4, 0.5) is 10.6 Å². The Kier molecular flexibility index (Phi) is 8.62. The number of aromatic nitrogens is 2. The quantitative estimate of drug-likeness (QED) is 0.393. The highest BCUT2D eigenvalue weighted by Gasteiger charge is 2.28. The number of rotatable bonds is 7. The van der Waals surface area contributed by atoms with E-state index >= 15 is 0 Å². The highest BCUT2D eigenvalue weighted by molar-refractivity contribution is 7.99. The van der Waals surface area contributed by atoms with Crippen molar-refractivity contribution in [2.24, 2.45) is 0 Å². The second-order valence-electron chi connectivity index (χ2n) is 7.06. The Balaban J connectivity index is 1.99. The fourth-order valence-corrected chi connectivity index (χ4v) is 3.80. The fourth-order valence-electron chi connectivity index (χ4n) is 2.91. The van der Waals surface area contributed by atoms with Crippen molar-refractivity contribution >= 4 is 41.1 Å². The fraction of sp³-hybridized carbons (Fsp3) is 0.667.